The largest absolute Gasteiger partial charge is 0.352 e. The quantitative estimate of drug-likeness (QED) is 0.339. The van der Waals surface area contributed by atoms with Crippen molar-refractivity contribution in [3.8, 4) is 0 Å². The molecular formula is C32H41N3O4S. The van der Waals surface area contributed by atoms with Crippen LogP contribution in [0.5, 0.6) is 0 Å². The van der Waals surface area contributed by atoms with Crippen LogP contribution in [0.15, 0.2) is 72.8 Å². The van der Waals surface area contributed by atoms with E-state index in [9.17, 15) is 18.0 Å². The second-order valence-corrected chi connectivity index (χ2v) is 12.5. The number of carbonyl (C=O) groups is 2. The molecule has 0 fully saturated rings. The smallest absolute Gasteiger partial charge is 0.244 e. The van der Waals surface area contributed by atoms with Gasteiger partial charge in [-0.3, -0.25) is 13.9 Å². The minimum atomic E-state index is -3.80. The molecule has 1 N–H and O–H groups in total. The average Bonchev–Trinajstić information content (AvgIpc) is 2.90. The molecule has 0 radical (unpaired) electrons. The van der Waals surface area contributed by atoms with Crippen molar-refractivity contribution in [3.05, 3.63) is 101 Å². The molecule has 0 saturated heterocycles. The van der Waals surface area contributed by atoms with Gasteiger partial charge < -0.3 is 10.2 Å². The van der Waals surface area contributed by atoms with Gasteiger partial charge in [-0.25, -0.2) is 8.42 Å². The third kappa shape index (κ3) is 8.42. The Morgan fingerprint density at radius 2 is 1.55 bits per heavy atom. The van der Waals surface area contributed by atoms with Crippen LogP contribution in [0.3, 0.4) is 0 Å². The van der Waals surface area contributed by atoms with Crippen molar-refractivity contribution in [1.82, 2.24) is 10.2 Å². The first kappa shape index (κ1) is 30.9. The van der Waals surface area contributed by atoms with E-state index in [-0.39, 0.29) is 18.5 Å². The van der Waals surface area contributed by atoms with E-state index >= 15 is 0 Å². The molecule has 0 saturated carbocycles. The highest BCUT2D eigenvalue weighted by Crippen LogP contribution is 2.23. The zero-order valence-electron chi connectivity index (χ0n) is 24.3. The lowest BCUT2D eigenvalue weighted by Gasteiger charge is -2.34. The lowest BCUT2D eigenvalue weighted by Crippen LogP contribution is -2.54. The maximum atomic E-state index is 14.1. The molecule has 0 heterocycles. The normalized spacial score (nSPS) is 12.8. The Hall–Kier alpha value is -3.65. The Labute approximate surface area is 239 Å². The van der Waals surface area contributed by atoms with Gasteiger partial charge in [0.1, 0.15) is 12.6 Å². The topological polar surface area (TPSA) is 86.8 Å². The minimum Gasteiger partial charge on any atom is -0.352 e. The molecule has 214 valence electrons. The molecule has 0 aliphatic carbocycles. The van der Waals surface area contributed by atoms with Crippen LogP contribution >= 0.6 is 0 Å². The zero-order valence-corrected chi connectivity index (χ0v) is 25.2. The van der Waals surface area contributed by atoms with Crippen molar-refractivity contribution >= 4 is 27.5 Å². The van der Waals surface area contributed by atoms with E-state index in [2.05, 4.69) is 5.32 Å². The molecular weight excluding hydrogens is 522 g/mol. The minimum absolute atomic E-state index is 0.0789. The molecule has 3 rings (SSSR count). The number of carbonyl (C=O) groups excluding carboxylic acids is 2. The summed E-state index contributed by atoms with van der Waals surface area (Å²) in [6.07, 6.45) is 2.13. The van der Waals surface area contributed by atoms with Crippen molar-refractivity contribution in [2.75, 3.05) is 17.1 Å². The Bertz CT molecular complexity index is 1420. The lowest BCUT2D eigenvalue weighted by atomic mass is 10.0. The summed E-state index contributed by atoms with van der Waals surface area (Å²) in [5, 5.41) is 3.05. The summed E-state index contributed by atoms with van der Waals surface area (Å²) in [6, 6.07) is 21.7. The Morgan fingerprint density at radius 1 is 0.875 bits per heavy atom. The fraction of sp³-hybridized carbons (Fsp3) is 0.375. The molecule has 3 aromatic carbocycles. The van der Waals surface area contributed by atoms with Crippen LogP contribution in [0.25, 0.3) is 0 Å². The number of nitrogens with one attached hydrogen (secondary N) is 1. The average molecular weight is 564 g/mol. The van der Waals surface area contributed by atoms with Gasteiger partial charge in [0, 0.05) is 19.0 Å². The van der Waals surface area contributed by atoms with Gasteiger partial charge in [-0.15, -0.1) is 0 Å². The van der Waals surface area contributed by atoms with Gasteiger partial charge in [0.15, 0.2) is 0 Å². The van der Waals surface area contributed by atoms with E-state index in [1.54, 1.807) is 12.1 Å². The monoisotopic (exact) mass is 563 g/mol. The Kier molecular flexibility index (Phi) is 10.5. The predicted octanol–water partition coefficient (Wildman–Crippen LogP) is 4.93. The molecule has 0 aliphatic rings. The van der Waals surface area contributed by atoms with Gasteiger partial charge >= 0.3 is 0 Å². The van der Waals surface area contributed by atoms with Crippen LogP contribution in [-0.2, 0) is 32.6 Å². The van der Waals surface area contributed by atoms with Crippen molar-refractivity contribution in [2.45, 2.75) is 66.1 Å². The van der Waals surface area contributed by atoms with Crippen LogP contribution in [0.1, 0.15) is 48.1 Å². The summed E-state index contributed by atoms with van der Waals surface area (Å²) >= 11 is 0. The number of sulfonamides is 1. The zero-order chi connectivity index (χ0) is 29.4. The molecule has 0 aliphatic heterocycles. The number of anilines is 1. The van der Waals surface area contributed by atoms with Crippen LogP contribution in [0.4, 0.5) is 5.69 Å². The first-order valence-corrected chi connectivity index (χ1v) is 15.5. The number of benzene rings is 3. The highest BCUT2D eigenvalue weighted by molar-refractivity contribution is 7.92. The summed E-state index contributed by atoms with van der Waals surface area (Å²) in [6.45, 7) is 9.47. The maximum Gasteiger partial charge on any atom is 0.244 e. The van der Waals surface area contributed by atoms with Crippen molar-refractivity contribution in [2.24, 2.45) is 0 Å². The Morgan fingerprint density at radius 3 is 2.15 bits per heavy atom. The molecule has 40 heavy (non-hydrogen) atoms. The first-order valence-electron chi connectivity index (χ1n) is 13.6. The van der Waals surface area contributed by atoms with Crippen molar-refractivity contribution in [3.63, 3.8) is 0 Å². The van der Waals surface area contributed by atoms with Gasteiger partial charge in [0.2, 0.25) is 21.8 Å². The molecule has 0 spiro atoms. The van der Waals surface area contributed by atoms with E-state index in [1.165, 1.54) is 4.90 Å². The summed E-state index contributed by atoms with van der Waals surface area (Å²) in [4.78, 5) is 29.4. The lowest BCUT2D eigenvalue weighted by molar-refractivity contribution is -0.140. The number of amides is 2. The number of aryl methyl sites for hydroxylation is 3. The number of nitrogens with zero attached hydrogens (tertiary/aromatic N) is 2. The summed E-state index contributed by atoms with van der Waals surface area (Å²) < 4.78 is 27.0. The van der Waals surface area contributed by atoms with Gasteiger partial charge in [0.25, 0.3) is 0 Å². The fourth-order valence-corrected chi connectivity index (χ4v) is 5.34. The van der Waals surface area contributed by atoms with Gasteiger partial charge in [0.05, 0.1) is 11.9 Å². The first-order chi connectivity index (χ1) is 18.9. The molecule has 7 nitrogen and oxygen atoms in total. The van der Waals surface area contributed by atoms with E-state index < -0.39 is 28.5 Å². The van der Waals surface area contributed by atoms with Gasteiger partial charge in [-0.1, -0.05) is 73.2 Å². The highest BCUT2D eigenvalue weighted by Gasteiger charge is 2.33. The molecule has 2 atom stereocenters. The highest BCUT2D eigenvalue weighted by atomic mass is 32.2. The third-order valence-electron chi connectivity index (χ3n) is 7.17. The molecule has 0 bridgehead atoms. The van der Waals surface area contributed by atoms with Crippen molar-refractivity contribution < 1.29 is 18.0 Å². The number of rotatable bonds is 12. The molecule has 2 amide bonds. The van der Waals surface area contributed by atoms with Gasteiger partial charge in [-0.05, 0) is 68.5 Å². The molecule has 3 aromatic rings. The second kappa shape index (κ2) is 13.6. The van der Waals surface area contributed by atoms with Crippen LogP contribution in [-0.4, -0.2) is 50.0 Å². The second-order valence-electron chi connectivity index (χ2n) is 10.6. The van der Waals surface area contributed by atoms with E-state index in [1.807, 2.05) is 95.3 Å². The van der Waals surface area contributed by atoms with Crippen LogP contribution in [0.2, 0.25) is 0 Å². The summed E-state index contributed by atoms with van der Waals surface area (Å²) in [7, 11) is -3.80. The summed E-state index contributed by atoms with van der Waals surface area (Å²) in [5.74, 6) is -0.721. The molecule has 2 unspecified atom stereocenters. The number of hydrogen-bond donors (Lipinski definition) is 1. The number of hydrogen-bond acceptors (Lipinski definition) is 4. The van der Waals surface area contributed by atoms with E-state index in [0.29, 0.717) is 12.1 Å². The molecule has 8 heteroatoms. The van der Waals surface area contributed by atoms with Gasteiger partial charge in [-0.2, -0.15) is 0 Å². The predicted molar refractivity (Wildman–Crippen MR) is 162 cm³/mol. The SMILES string of the molecule is CCC(C)NC(=O)C(Cc1ccccc1)N(Cc1cccc(C)c1)C(=O)CN(c1ccc(C)c(C)c1)S(C)(=O)=O. The van der Waals surface area contributed by atoms with Crippen LogP contribution in [0, 0.1) is 20.8 Å². The van der Waals surface area contributed by atoms with Crippen LogP contribution < -0.4 is 9.62 Å². The summed E-state index contributed by atoms with van der Waals surface area (Å²) in [5.41, 5.74) is 5.15. The standard InChI is InChI=1S/C32H41N3O4S/c1-7-26(5)33-32(37)30(20-27-13-9-8-10-14-27)34(21-28-15-11-12-23(2)18-28)31(36)22-35(40(6,38)39)29-17-16-24(3)25(4)19-29/h8-19,26,30H,7,20-22H2,1-6H3,(H,33,37). The third-order valence-corrected chi connectivity index (χ3v) is 8.31. The maximum absolute atomic E-state index is 14.1. The molecule has 0 aromatic heterocycles. The van der Waals surface area contributed by atoms with E-state index in [0.717, 1.165) is 44.8 Å². The van der Waals surface area contributed by atoms with E-state index in [4.69, 9.17) is 0 Å². The fourth-order valence-electron chi connectivity index (χ4n) is 4.50. The van der Waals surface area contributed by atoms with Crippen molar-refractivity contribution in [1.29, 1.82) is 0 Å². The Balaban J connectivity index is 2.07.